The van der Waals surface area contributed by atoms with E-state index in [2.05, 4.69) is 21.8 Å². The Bertz CT molecular complexity index is 669. The van der Waals surface area contributed by atoms with E-state index in [1.54, 1.807) is 0 Å². The second-order valence-electron chi connectivity index (χ2n) is 6.65. The van der Waals surface area contributed by atoms with Crippen LogP contribution in [0.1, 0.15) is 19.8 Å². The molecule has 0 radical (unpaired) electrons. The van der Waals surface area contributed by atoms with Gasteiger partial charge in [0.15, 0.2) is 0 Å². The van der Waals surface area contributed by atoms with Crippen LogP contribution in [0.2, 0.25) is 0 Å². The van der Waals surface area contributed by atoms with E-state index in [9.17, 15) is 14.9 Å². The van der Waals surface area contributed by atoms with Crippen molar-refractivity contribution in [1.29, 1.82) is 0 Å². The molecule has 2 saturated heterocycles. The maximum atomic E-state index is 11.8. The Labute approximate surface area is 151 Å². The van der Waals surface area contributed by atoms with Crippen molar-refractivity contribution in [2.75, 3.05) is 55.6 Å². The molecule has 0 aliphatic carbocycles. The second kappa shape index (κ2) is 7.81. The van der Waals surface area contributed by atoms with Crippen molar-refractivity contribution >= 4 is 23.3 Å². The van der Waals surface area contributed by atoms with Crippen LogP contribution in [0.4, 0.5) is 17.3 Å². The van der Waals surface area contributed by atoms with Crippen LogP contribution < -0.4 is 9.80 Å². The number of rotatable bonds is 5. The summed E-state index contributed by atoms with van der Waals surface area (Å²) in [4.78, 5) is 36.9. The molecule has 142 valence electrons. The Kier molecular flexibility index (Phi) is 5.50. The Morgan fingerprint density at radius 2 is 1.69 bits per heavy atom. The van der Waals surface area contributed by atoms with E-state index in [-0.39, 0.29) is 5.69 Å². The highest BCUT2D eigenvalue weighted by molar-refractivity contribution is 5.73. The fourth-order valence-corrected chi connectivity index (χ4v) is 3.60. The lowest BCUT2D eigenvalue weighted by molar-refractivity contribution is -0.383. The molecule has 0 amide bonds. The topological polar surface area (TPSA) is 116 Å². The number of hydrogen-bond acceptors (Lipinski definition) is 8. The summed E-state index contributed by atoms with van der Waals surface area (Å²) in [5.41, 5.74) is -0.0776. The molecule has 2 aliphatic rings. The zero-order chi connectivity index (χ0) is 18.7. The van der Waals surface area contributed by atoms with E-state index in [1.165, 1.54) is 6.33 Å². The lowest BCUT2D eigenvalue weighted by Gasteiger charge is -2.35. The quantitative estimate of drug-likeness (QED) is 0.599. The fourth-order valence-electron chi connectivity index (χ4n) is 3.60. The molecular formula is C16H24N6O4. The van der Waals surface area contributed by atoms with Gasteiger partial charge in [0.05, 0.1) is 10.8 Å². The molecule has 0 unspecified atom stereocenters. The van der Waals surface area contributed by atoms with E-state index < -0.39 is 16.8 Å². The Morgan fingerprint density at radius 3 is 2.15 bits per heavy atom. The van der Waals surface area contributed by atoms with Crippen molar-refractivity contribution in [3.8, 4) is 0 Å². The standard InChI is InChI=1S/C16H24N6O4/c1-2-19-7-9-21(10-8-19)15-13(22(25)26)14(17-11-18-15)20-5-3-12(4-6-20)16(23)24/h11-12H,2-10H2,1H3,(H,23,24). The van der Waals surface area contributed by atoms with Gasteiger partial charge in [0.1, 0.15) is 6.33 Å². The average Bonchev–Trinajstić information content (AvgIpc) is 2.67. The lowest BCUT2D eigenvalue weighted by atomic mass is 9.97. The number of hydrogen-bond donors (Lipinski definition) is 1. The average molecular weight is 364 g/mol. The molecule has 10 heteroatoms. The molecule has 1 aromatic rings. The number of aliphatic carboxylic acids is 1. The lowest BCUT2D eigenvalue weighted by Crippen LogP contribution is -2.46. The summed E-state index contributed by atoms with van der Waals surface area (Å²) < 4.78 is 0. The molecule has 3 rings (SSSR count). The van der Waals surface area contributed by atoms with E-state index in [4.69, 9.17) is 5.11 Å². The monoisotopic (exact) mass is 364 g/mol. The highest BCUT2D eigenvalue weighted by Gasteiger charge is 2.34. The minimum Gasteiger partial charge on any atom is -0.481 e. The Hall–Kier alpha value is -2.49. The minimum absolute atomic E-state index is 0.0776. The predicted molar refractivity (Wildman–Crippen MR) is 95.6 cm³/mol. The molecular weight excluding hydrogens is 340 g/mol. The van der Waals surface area contributed by atoms with Gasteiger partial charge in [0.25, 0.3) is 0 Å². The van der Waals surface area contributed by atoms with Crippen LogP contribution in [0.25, 0.3) is 0 Å². The van der Waals surface area contributed by atoms with Gasteiger partial charge in [-0.1, -0.05) is 6.92 Å². The first-order valence-corrected chi connectivity index (χ1v) is 8.95. The summed E-state index contributed by atoms with van der Waals surface area (Å²) >= 11 is 0. The fraction of sp³-hybridized carbons (Fsp3) is 0.688. The van der Waals surface area contributed by atoms with Crippen molar-refractivity contribution in [2.45, 2.75) is 19.8 Å². The van der Waals surface area contributed by atoms with Crippen LogP contribution in [0.5, 0.6) is 0 Å². The number of nitrogens with zero attached hydrogens (tertiary/aromatic N) is 6. The highest BCUT2D eigenvalue weighted by atomic mass is 16.6. The van der Waals surface area contributed by atoms with E-state index in [1.807, 2.05) is 9.80 Å². The van der Waals surface area contributed by atoms with Gasteiger partial charge in [-0.15, -0.1) is 0 Å². The van der Waals surface area contributed by atoms with Crippen molar-refractivity contribution < 1.29 is 14.8 Å². The summed E-state index contributed by atoms with van der Waals surface area (Å²) in [6, 6.07) is 0. The molecule has 10 nitrogen and oxygen atoms in total. The number of piperidine rings is 1. The van der Waals surface area contributed by atoms with Crippen molar-refractivity contribution in [2.24, 2.45) is 5.92 Å². The first kappa shape index (κ1) is 18.3. The maximum Gasteiger partial charge on any atom is 0.353 e. The number of aromatic nitrogens is 2. The summed E-state index contributed by atoms with van der Waals surface area (Å²) in [5, 5.41) is 20.9. The van der Waals surface area contributed by atoms with Gasteiger partial charge in [-0.2, -0.15) is 0 Å². The summed E-state index contributed by atoms with van der Waals surface area (Å²) in [6.45, 7) is 7.01. The predicted octanol–water partition coefficient (Wildman–Crippen LogP) is 0.828. The van der Waals surface area contributed by atoms with Gasteiger partial charge < -0.3 is 19.8 Å². The number of nitro groups is 1. The summed E-state index contributed by atoms with van der Waals surface area (Å²) in [6.07, 6.45) is 2.29. The number of piperazine rings is 1. The van der Waals surface area contributed by atoms with Gasteiger partial charge in [0.2, 0.25) is 11.6 Å². The number of carboxylic acids is 1. The van der Waals surface area contributed by atoms with E-state index in [0.29, 0.717) is 50.7 Å². The molecule has 1 N–H and O–H groups in total. The van der Waals surface area contributed by atoms with Crippen LogP contribution >= 0.6 is 0 Å². The summed E-state index contributed by atoms with van der Waals surface area (Å²) in [7, 11) is 0. The number of carboxylic acid groups (broad SMARTS) is 1. The minimum atomic E-state index is -0.809. The molecule has 0 bridgehead atoms. The van der Waals surface area contributed by atoms with Gasteiger partial charge in [-0.05, 0) is 19.4 Å². The third-order valence-corrected chi connectivity index (χ3v) is 5.23. The van der Waals surface area contributed by atoms with Crippen LogP contribution in [0.15, 0.2) is 6.33 Å². The first-order valence-electron chi connectivity index (χ1n) is 8.95. The van der Waals surface area contributed by atoms with Crippen LogP contribution in [-0.4, -0.2) is 76.7 Å². The molecule has 0 spiro atoms. The zero-order valence-corrected chi connectivity index (χ0v) is 14.9. The molecule has 2 fully saturated rings. The normalized spacial score (nSPS) is 19.6. The van der Waals surface area contributed by atoms with Crippen molar-refractivity contribution in [1.82, 2.24) is 14.9 Å². The highest BCUT2D eigenvalue weighted by Crippen LogP contribution is 2.36. The Morgan fingerprint density at radius 1 is 1.15 bits per heavy atom. The number of carbonyl (C=O) groups is 1. The second-order valence-corrected chi connectivity index (χ2v) is 6.65. The summed E-state index contributed by atoms with van der Waals surface area (Å²) in [5.74, 6) is -0.553. The van der Waals surface area contributed by atoms with E-state index in [0.717, 1.165) is 19.6 Å². The molecule has 2 aliphatic heterocycles. The zero-order valence-electron chi connectivity index (χ0n) is 14.9. The van der Waals surface area contributed by atoms with E-state index >= 15 is 0 Å². The third-order valence-electron chi connectivity index (χ3n) is 5.23. The van der Waals surface area contributed by atoms with Gasteiger partial charge in [-0.3, -0.25) is 14.9 Å². The SMILES string of the molecule is CCN1CCN(c2ncnc(N3CCC(C(=O)O)CC3)c2[N+](=O)[O-])CC1. The van der Waals surface area contributed by atoms with Crippen molar-refractivity contribution in [3.63, 3.8) is 0 Å². The molecule has 26 heavy (non-hydrogen) atoms. The maximum absolute atomic E-state index is 11.8. The van der Waals surface area contributed by atoms with Crippen LogP contribution in [-0.2, 0) is 4.79 Å². The molecule has 0 aromatic carbocycles. The molecule has 0 saturated carbocycles. The smallest absolute Gasteiger partial charge is 0.353 e. The van der Waals surface area contributed by atoms with Gasteiger partial charge >= 0.3 is 11.7 Å². The van der Waals surface area contributed by atoms with Crippen LogP contribution in [0, 0.1) is 16.0 Å². The van der Waals surface area contributed by atoms with Gasteiger partial charge in [-0.25, -0.2) is 9.97 Å². The molecule has 1 aromatic heterocycles. The van der Waals surface area contributed by atoms with Crippen molar-refractivity contribution in [3.05, 3.63) is 16.4 Å². The largest absolute Gasteiger partial charge is 0.481 e. The molecule has 0 atom stereocenters. The third kappa shape index (κ3) is 3.69. The van der Waals surface area contributed by atoms with Gasteiger partial charge in [0, 0.05) is 39.3 Å². The molecule has 3 heterocycles. The Balaban J connectivity index is 1.83. The first-order chi connectivity index (χ1) is 12.5. The number of likely N-dealkylation sites (N-methyl/N-ethyl adjacent to an activating group) is 1. The number of anilines is 2. The van der Waals surface area contributed by atoms with Crippen LogP contribution in [0.3, 0.4) is 0 Å².